The highest BCUT2D eigenvalue weighted by Gasteiger charge is 2.20. The average molecular weight is 415 g/mol. The first-order valence-electron chi connectivity index (χ1n) is 9.48. The van der Waals surface area contributed by atoms with Crippen molar-refractivity contribution in [2.45, 2.75) is 32.8 Å². The molecule has 0 aliphatic carbocycles. The number of amides is 1. The van der Waals surface area contributed by atoms with Gasteiger partial charge in [-0.25, -0.2) is 9.78 Å². The Morgan fingerprint density at radius 2 is 1.90 bits per heavy atom. The number of hydrogen-bond acceptors (Lipinski definition) is 6. The molecule has 0 unspecified atom stereocenters. The predicted molar refractivity (Wildman–Crippen MR) is 117 cm³/mol. The van der Waals surface area contributed by atoms with Crippen LogP contribution in [0.2, 0.25) is 0 Å². The Kier molecular flexibility index (Phi) is 6.39. The second kappa shape index (κ2) is 8.80. The average Bonchev–Trinajstić information content (AvgIpc) is 3.10. The van der Waals surface area contributed by atoms with Gasteiger partial charge in [-0.3, -0.25) is 4.90 Å². The maximum absolute atomic E-state index is 12.2. The molecular weight excluding hydrogens is 388 g/mol. The van der Waals surface area contributed by atoms with E-state index in [0.717, 1.165) is 32.2 Å². The topological polar surface area (TPSA) is 71.9 Å². The minimum atomic E-state index is -0.535. The van der Waals surface area contributed by atoms with Crippen LogP contribution in [0.5, 0.6) is 5.75 Å². The van der Waals surface area contributed by atoms with Crippen LogP contribution < -0.4 is 9.64 Å². The van der Waals surface area contributed by atoms with Crippen molar-refractivity contribution in [1.29, 1.82) is 0 Å². The molecule has 3 rings (SSSR count). The van der Waals surface area contributed by atoms with Crippen molar-refractivity contribution in [3.05, 3.63) is 42.5 Å². The summed E-state index contributed by atoms with van der Waals surface area (Å²) in [5, 5.41) is 9.76. The SMILES string of the molecule is CN(C(=O)OC(C)(C)C)c1ccc(-c2nc3ccc(OCCCO)cc3s2)cc1. The standard InChI is InChI=1S/C22H26N2O4S/c1-22(2,3)28-21(26)24(4)16-8-6-15(7-9-16)20-23-18-11-10-17(14-19(18)29-20)27-13-5-12-25/h6-11,14,25H,5,12-13H2,1-4H3. The summed E-state index contributed by atoms with van der Waals surface area (Å²) in [6, 6.07) is 13.5. The lowest BCUT2D eigenvalue weighted by Gasteiger charge is -2.24. The Hall–Kier alpha value is -2.64. The molecule has 1 amide bonds. The third-order valence-electron chi connectivity index (χ3n) is 4.10. The van der Waals surface area contributed by atoms with E-state index < -0.39 is 5.60 Å². The van der Waals surface area contributed by atoms with Crippen LogP contribution in [0.4, 0.5) is 10.5 Å². The summed E-state index contributed by atoms with van der Waals surface area (Å²) in [5.74, 6) is 0.774. The fourth-order valence-electron chi connectivity index (χ4n) is 2.64. The molecule has 0 radical (unpaired) electrons. The molecule has 0 fully saturated rings. The normalized spacial score (nSPS) is 11.5. The number of ether oxygens (including phenoxy) is 2. The lowest BCUT2D eigenvalue weighted by molar-refractivity contribution is 0.0589. The molecular formula is C22H26N2O4S. The smallest absolute Gasteiger partial charge is 0.414 e. The number of thiazole rings is 1. The van der Waals surface area contributed by atoms with E-state index in [1.165, 1.54) is 4.90 Å². The van der Waals surface area contributed by atoms with Gasteiger partial charge in [0.25, 0.3) is 0 Å². The van der Waals surface area contributed by atoms with Crippen molar-refractivity contribution in [3.63, 3.8) is 0 Å². The van der Waals surface area contributed by atoms with Gasteiger partial charge in [0.15, 0.2) is 0 Å². The number of anilines is 1. The van der Waals surface area contributed by atoms with Crippen molar-refractivity contribution in [2.75, 3.05) is 25.2 Å². The summed E-state index contributed by atoms with van der Waals surface area (Å²) in [5.41, 5.74) is 2.11. The minimum Gasteiger partial charge on any atom is -0.493 e. The number of rotatable bonds is 6. The van der Waals surface area contributed by atoms with Gasteiger partial charge in [-0.1, -0.05) is 0 Å². The number of aliphatic hydroxyl groups excluding tert-OH is 1. The number of carbonyl (C=O) groups excluding carboxylic acids is 1. The van der Waals surface area contributed by atoms with Gasteiger partial charge < -0.3 is 14.6 Å². The predicted octanol–water partition coefficient (Wildman–Crippen LogP) is 5.10. The molecule has 0 aliphatic heterocycles. The second-order valence-electron chi connectivity index (χ2n) is 7.66. The Bertz CT molecular complexity index is 977. The molecule has 0 spiro atoms. The highest BCUT2D eigenvalue weighted by atomic mass is 32.1. The summed E-state index contributed by atoms with van der Waals surface area (Å²) >= 11 is 1.59. The molecule has 7 heteroatoms. The van der Waals surface area contributed by atoms with Crippen LogP contribution in [0.25, 0.3) is 20.8 Å². The first-order chi connectivity index (χ1) is 13.8. The van der Waals surface area contributed by atoms with Gasteiger partial charge in [0.05, 0.1) is 16.8 Å². The summed E-state index contributed by atoms with van der Waals surface area (Å²) in [7, 11) is 1.69. The van der Waals surface area contributed by atoms with Crippen LogP contribution in [0.3, 0.4) is 0 Å². The molecule has 1 heterocycles. The van der Waals surface area contributed by atoms with E-state index >= 15 is 0 Å². The fourth-order valence-corrected chi connectivity index (χ4v) is 3.64. The van der Waals surface area contributed by atoms with Gasteiger partial charge in [-0.05, 0) is 63.2 Å². The largest absolute Gasteiger partial charge is 0.493 e. The van der Waals surface area contributed by atoms with Crippen molar-refractivity contribution in [3.8, 4) is 16.3 Å². The Morgan fingerprint density at radius 3 is 2.55 bits per heavy atom. The van der Waals surface area contributed by atoms with E-state index in [0.29, 0.717) is 13.0 Å². The lowest BCUT2D eigenvalue weighted by atomic mass is 10.2. The maximum atomic E-state index is 12.2. The van der Waals surface area contributed by atoms with E-state index in [4.69, 9.17) is 19.6 Å². The van der Waals surface area contributed by atoms with Crippen LogP contribution >= 0.6 is 11.3 Å². The van der Waals surface area contributed by atoms with Crippen LogP contribution in [-0.2, 0) is 4.74 Å². The molecule has 1 N–H and O–H groups in total. The Morgan fingerprint density at radius 1 is 1.17 bits per heavy atom. The number of aliphatic hydroxyl groups is 1. The highest BCUT2D eigenvalue weighted by molar-refractivity contribution is 7.21. The van der Waals surface area contributed by atoms with Crippen LogP contribution in [0, 0.1) is 0 Å². The molecule has 1 aromatic heterocycles. The van der Waals surface area contributed by atoms with Gasteiger partial charge in [-0.2, -0.15) is 0 Å². The molecule has 0 atom stereocenters. The Balaban J connectivity index is 1.75. The maximum Gasteiger partial charge on any atom is 0.414 e. The van der Waals surface area contributed by atoms with E-state index in [1.807, 2.05) is 63.2 Å². The molecule has 3 aromatic rings. The zero-order valence-corrected chi connectivity index (χ0v) is 18.0. The molecule has 0 saturated carbocycles. The van der Waals surface area contributed by atoms with E-state index in [-0.39, 0.29) is 12.7 Å². The highest BCUT2D eigenvalue weighted by Crippen LogP contribution is 2.33. The van der Waals surface area contributed by atoms with Gasteiger partial charge >= 0.3 is 6.09 Å². The first kappa shape index (κ1) is 21.1. The minimum absolute atomic E-state index is 0.117. The molecule has 29 heavy (non-hydrogen) atoms. The Labute approximate surface area is 174 Å². The quantitative estimate of drug-likeness (QED) is 0.569. The third-order valence-corrected chi connectivity index (χ3v) is 5.17. The molecule has 0 saturated heterocycles. The summed E-state index contributed by atoms with van der Waals surface area (Å²) in [6.45, 7) is 6.14. The molecule has 154 valence electrons. The van der Waals surface area contributed by atoms with Gasteiger partial charge in [-0.15, -0.1) is 11.3 Å². The number of nitrogens with zero attached hydrogens (tertiary/aromatic N) is 2. The lowest BCUT2D eigenvalue weighted by Crippen LogP contribution is -2.34. The number of carbonyl (C=O) groups is 1. The second-order valence-corrected chi connectivity index (χ2v) is 8.69. The molecule has 6 nitrogen and oxygen atoms in total. The summed E-state index contributed by atoms with van der Waals surface area (Å²) < 4.78 is 12.1. The van der Waals surface area contributed by atoms with Gasteiger partial charge in [0.1, 0.15) is 16.4 Å². The molecule has 0 aliphatic rings. The van der Waals surface area contributed by atoms with Crippen molar-refractivity contribution >= 4 is 33.3 Å². The fraction of sp³-hybridized carbons (Fsp3) is 0.364. The van der Waals surface area contributed by atoms with Crippen LogP contribution in [0.1, 0.15) is 27.2 Å². The number of fused-ring (bicyclic) bond motifs is 1. The molecule has 0 bridgehead atoms. The van der Waals surface area contributed by atoms with Crippen molar-refractivity contribution in [1.82, 2.24) is 4.98 Å². The van der Waals surface area contributed by atoms with Gasteiger partial charge in [0, 0.05) is 31.3 Å². The zero-order valence-electron chi connectivity index (χ0n) is 17.1. The van der Waals surface area contributed by atoms with Crippen molar-refractivity contribution < 1.29 is 19.4 Å². The van der Waals surface area contributed by atoms with Crippen molar-refractivity contribution in [2.24, 2.45) is 0 Å². The monoisotopic (exact) mass is 414 g/mol. The van der Waals surface area contributed by atoms with Crippen LogP contribution in [-0.4, -0.2) is 42.0 Å². The first-order valence-corrected chi connectivity index (χ1v) is 10.3. The summed E-state index contributed by atoms with van der Waals surface area (Å²) in [4.78, 5) is 18.4. The zero-order chi connectivity index (χ0) is 21.0. The number of benzene rings is 2. The van der Waals surface area contributed by atoms with E-state index in [1.54, 1.807) is 18.4 Å². The number of aromatic nitrogens is 1. The van der Waals surface area contributed by atoms with E-state index in [2.05, 4.69) is 0 Å². The van der Waals surface area contributed by atoms with Gasteiger partial charge in [0.2, 0.25) is 0 Å². The number of hydrogen-bond donors (Lipinski definition) is 1. The molecule has 2 aromatic carbocycles. The summed E-state index contributed by atoms with van der Waals surface area (Å²) in [6.07, 6.45) is 0.217. The third kappa shape index (κ3) is 5.46. The van der Waals surface area contributed by atoms with E-state index in [9.17, 15) is 4.79 Å². The van der Waals surface area contributed by atoms with Crippen LogP contribution in [0.15, 0.2) is 42.5 Å².